The van der Waals surface area contributed by atoms with Gasteiger partial charge in [0.15, 0.2) is 0 Å². The number of alkyl halides is 6. The van der Waals surface area contributed by atoms with Gasteiger partial charge in [0.2, 0.25) is 5.91 Å². The Balaban J connectivity index is 1.61. The van der Waals surface area contributed by atoms with Gasteiger partial charge >= 0.3 is 12.4 Å². The summed E-state index contributed by atoms with van der Waals surface area (Å²) in [4.78, 5) is 30.9. The second-order valence-electron chi connectivity index (χ2n) is 8.98. The van der Waals surface area contributed by atoms with Gasteiger partial charge in [0.25, 0.3) is 5.91 Å². The molecule has 0 N–H and O–H groups in total. The molecule has 2 aliphatic rings. The Labute approximate surface area is 197 Å². The third-order valence-electron chi connectivity index (χ3n) is 6.73. The summed E-state index contributed by atoms with van der Waals surface area (Å²) in [5.74, 6) is -1.07. The van der Waals surface area contributed by atoms with E-state index in [1.165, 1.54) is 4.90 Å². The number of nitrogens with zero attached hydrogens (tertiary/aromatic N) is 3. The largest absolute Gasteiger partial charge is 0.416 e. The molecule has 2 aliphatic heterocycles. The van der Waals surface area contributed by atoms with Crippen molar-refractivity contribution >= 4 is 17.5 Å². The predicted molar refractivity (Wildman–Crippen MR) is 116 cm³/mol. The Hall–Kier alpha value is -3.24. The Kier molecular flexibility index (Phi) is 6.01. The number of rotatable bonds is 2. The Morgan fingerprint density at radius 3 is 1.97 bits per heavy atom. The molecule has 5 nitrogen and oxygen atoms in total. The van der Waals surface area contributed by atoms with Crippen molar-refractivity contribution in [2.75, 3.05) is 31.7 Å². The van der Waals surface area contributed by atoms with Crippen LogP contribution in [0, 0.1) is 6.92 Å². The Morgan fingerprint density at radius 2 is 1.46 bits per heavy atom. The van der Waals surface area contributed by atoms with E-state index < -0.39 is 40.5 Å². The average molecular weight is 499 g/mol. The summed E-state index contributed by atoms with van der Waals surface area (Å²) in [7, 11) is 1.67. The summed E-state index contributed by atoms with van der Waals surface area (Å²) >= 11 is 0. The van der Waals surface area contributed by atoms with Crippen LogP contribution in [-0.4, -0.2) is 54.0 Å². The molecule has 2 heterocycles. The number of hydrogen-bond acceptors (Lipinski definition) is 3. The van der Waals surface area contributed by atoms with Gasteiger partial charge in [0.1, 0.15) is 5.54 Å². The molecular weight excluding hydrogens is 476 g/mol. The highest BCUT2D eigenvalue weighted by Gasteiger charge is 2.53. The topological polar surface area (TPSA) is 43.9 Å². The number of hydrogen-bond donors (Lipinski definition) is 0. The zero-order valence-electron chi connectivity index (χ0n) is 19.0. The van der Waals surface area contributed by atoms with Gasteiger partial charge in [0, 0.05) is 31.4 Å². The lowest BCUT2D eigenvalue weighted by Crippen LogP contribution is -2.57. The van der Waals surface area contributed by atoms with Crippen LogP contribution in [0.1, 0.15) is 39.9 Å². The van der Waals surface area contributed by atoms with E-state index in [1.54, 1.807) is 11.9 Å². The molecule has 2 aromatic rings. The second kappa shape index (κ2) is 8.46. The second-order valence-corrected chi connectivity index (χ2v) is 8.98. The number of halogens is 6. The Morgan fingerprint density at radius 1 is 0.914 bits per heavy atom. The molecule has 0 aliphatic carbocycles. The predicted octanol–water partition coefficient (Wildman–Crippen LogP) is 4.94. The number of likely N-dealkylation sites (tertiary alicyclic amines) is 1. The van der Waals surface area contributed by atoms with Crippen molar-refractivity contribution in [3.05, 3.63) is 64.7 Å². The van der Waals surface area contributed by atoms with Crippen molar-refractivity contribution in [3.63, 3.8) is 0 Å². The van der Waals surface area contributed by atoms with Gasteiger partial charge in [-0.3, -0.25) is 9.59 Å². The maximum absolute atomic E-state index is 13.2. The van der Waals surface area contributed by atoms with Crippen LogP contribution in [0.15, 0.2) is 42.5 Å². The highest BCUT2D eigenvalue weighted by molar-refractivity contribution is 5.96. The summed E-state index contributed by atoms with van der Waals surface area (Å²) in [6.45, 7) is 2.27. The fraction of sp³-hybridized carbons (Fsp3) is 0.417. The minimum Gasteiger partial charge on any atom is -0.339 e. The number of para-hydroxylation sites is 1. The quantitative estimate of drug-likeness (QED) is 0.550. The van der Waals surface area contributed by atoms with Crippen LogP contribution in [0.2, 0.25) is 0 Å². The van der Waals surface area contributed by atoms with E-state index in [0.29, 0.717) is 18.8 Å². The van der Waals surface area contributed by atoms with Crippen LogP contribution in [0.25, 0.3) is 0 Å². The summed E-state index contributed by atoms with van der Waals surface area (Å²) in [5, 5.41) is 0. The molecule has 2 fully saturated rings. The monoisotopic (exact) mass is 499 g/mol. The molecule has 1 spiro atoms. The SMILES string of the molecule is Cc1ccccc1N1CN(C)C(=O)C12CCN(C(=O)c1cc(C(F)(F)F)cc(C(F)(F)F)c1)CC2. The van der Waals surface area contributed by atoms with Crippen LogP contribution in [0.5, 0.6) is 0 Å². The van der Waals surface area contributed by atoms with Gasteiger partial charge in [-0.15, -0.1) is 0 Å². The maximum atomic E-state index is 13.2. The highest BCUT2D eigenvalue weighted by atomic mass is 19.4. The van der Waals surface area contributed by atoms with Gasteiger partial charge < -0.3 is 14.7 Å². The minimum atomic E-state index is -5.04. The van der Waals surface area contributed by atoms with Crippen LogP contribution < -0.4 is 4.90 Å². The first kappa shape index (κ1) is 24.9. The molecule has 0 saturated carbocycles. The molecule has 35 heavy (non-hydrogen) atoms. The van der Waals surface area contributed by atoms with Crippen LogP contribution in [0.3, 0.4) is 0 Å². The van der Waals surface area contributed by atoms with E-state index in [2.05, 4.69) is 0 Å². The third kappa shape index (κ3) is 4.43. The molecule has 0 atom stereocenters. The molecular formula is C24H23F6N3O2. The average Bonchev–Trinajstić information content (AvgIpc) is 3.03. The van der Waals surface area contributed by atoms with Crippen LogP contribution >= 0.6 is 0 Å². The number of piperidine rings is 1. The zero-order chi connectivity index (χ0) is 25.8. The molecule has 2 saturated heterocycles. The lowest BCUT2D eigenvalue weighted by Gasteiger charge is -2.43. The van der Waals surface area contributed by atoms with Gasteiger partial charge in [-0.05, 0) is 49.6 Å². The number of aryl methyl sites for hydroxylation is 1. The van der Waals surface area contributed by atoms with E-state index in [4.69, 9.17) is 0 Å². The molecule has 0 radical (unpaired) electrons. The van der Waals surface area contributed by atoms with Crippen LogP contribution in [-0.2, 0) is 17.1 Å². The molecule has 0 bridgehead atoms. The van der Waals surface area contributed by atoms with E-state index in [1.807, 2.05) is 36.1 Å². The first-order chi connectivity index (χ1) is 16.2. The van der Waals surface area contributed by atoms with Crippen molar-refractivity contribution in [2.24, 2.45) is 0 Å². The van der Waals surface area contributed by atoms with Gasteiger partial charge in [-0.25, -0.2) is 0 Å². The van der Waals surface area contributed by atoms with Crippen molar-refractivity contribution in [3.8, 4) is 0 Å². The first-order valence-electron chi connectivity index (χ1n) is 10.9. The minimum absolute atomic E-state index is 0.00488. The molecule has 11 heteroatoms. The van der Waals surface area contributed by atoms with Crippen molar-refractivity contribution < 1.29 is 35.9 Å². The summed E-state index contributed by atoms with van der Waals surface area (Å²) in [6, 6.07) is 8.40. The zero-order valence-corrected chi connectivity index (χ0v) is 19.0. The standard InChI is InChI=1S/C24H23F6N3O2/c1-15-5-3-4-6-19(15)33-14-31(2)21(35)22(33)7-9-32(10-8-22)20(34)16-11-17(23(25,26)27)13-18(12-16)24(28,29)30/h3-6,11-13H,7-10,14H2,1-2H3. The third-order valence-corrected chi connectivity index (χ3v) is 6.73. The maximum Gasteiger partial charge on any atom is 0.416 e. The smallest absolute Gasteiger partial charge is 0.339 e. The lowest BCUT2D eigenvalue weighted by atomic mass is 9.85. The number of carbonyl (C=O) groups is 2. The van der Waals surface area contributed by atoms with Crippen molar-refractivity contribution in [1.29, 1.82) is 0 Å². The fourth-order valence-electron chi connectivity index (χ4n) is 4.88. The van der Waals surface area contributed by atoms with Crippen LogP contribution in [0.4, 0.5) is 32.0 Å². The molecule has 2 aromatic carbocycles. The van der Waals surface area contributed by atoms with E-state index in [9.17, 15) is 35.9 Å². The highest BCUT2D eigenvalue weighted by Crippen LogP contribution is 2.41. The van der Waals surface area contributed by atoms with Gasteiger partial charge in [-0.2, -0.15) is 26.3 Å². The number of anilines is 1. The van der Waals surface area contributed by atoms with E-state index >= 15 is 0 Å². The van der Waals surface area contributed by atoms with Crippen molar-refractivity contribution in [2.45, 2.75) is 37.7 Å². The molecule has 0 unspecified atom stereocenters. The van der Waals surface area contributed by atoms with Crippen molar-refractivity contribution in [1.82, 2.24) is 9.80 Å². The first-order valence-corrected chi connectivity index (χ1v) is 10.9. The number of carbonyl (C=O) groups excluding carboxylic acids is 2. The number of benzene rings is 2. The van der Waals surface area contributed by atoms with E-state index in [-0.39, 0.29) is 37.9 Å². The summed E-state index contributed by atoms with van der Waals surface area (Å²) < 4.78 is 79.3. The van der Waals surface area contributed by atoms with E-state index in [0.717, 1.165) is 11.3 Å². The Bertz CT molecular complexity index is 1120. The normalized spacial score (nSPS) is 18.5. The molecule has 4 rings (SSSR count). The summed E-state index contributed by atoms with van der Waals surface area (Å²) in [6.07, 6.45) is -9.70. The molecule has 2 amide bonds. The lowest BCUT2D eigenvalue weighted by molar-refractivity contribution is -0.143. The van der Waals surface area contributed by atoms with Gasteiger partial charge in [-0.1, -0.05) is 18.2 Å². The summed E-state index contributed by atoms with van der Waals surface area (Å²) in [5.41, 5.74) is -2.89. The number of likely N-dealkylation sites (N-methyl/N-ethyl adjacent to an activating group) is 1. The molecule has 188 valence electrons. The van der Waals surface area contributed by atoms with Gasteiger partial charge in [0.05, 0.1) is 17.8 Å². The number of amides is 2. The fourth-order valence-corrected chi connectivity index (χ4v) is 4.88. The molecule has 0 aromatic heterocycles.